The molecule has 0 bridgehead atoms. The summed E-state index contributed by atoms with van der Waals surface area (Å²) in [5.74, 6) is 0. The molecule has 2 aliphatic rings. The average molecular weight is 1060 g/mol. The highest BCUT2D eigenvalue weighted by molar-refractivity contribution is 6.13. The van der Waals surface area contributed by atoms with Gasteiger partial charge in [-0.05, 0) is 162 Å². The first-order valence-electron chi connectivity index (χ1n) is 29.0. The van der Waals surface area contributed by atoms with Gasteiger partial charge in [0.1, 0.15) is 0 Å². The SMILES string of the molecule is C(=Cc1ccc2c(c1)c1ccccc1n2-c1cccc2ccccc12)c1ccc(-c2ccc3c(c2)C2(Cc4ccccc4C2)c2cc(-c4ccc(C=Cc5ccc6c(c5)c5ccccc5n6-c5cccc6ccccc56)cc4)ccc2-3)cc1. The Morgan fingerprint density at radius 3 is 1.10 bits per heavy atom. The van der Waals surface area contributed by atoms with Crippen molar-refractivity contribution in [3.05, 3.63) is 324 Å². The predicted molar refractivity (Wildman–Crippen MR) is 352 cm³/mol. The van der Waals surface area contributed by atoms with E-state index in [1.54, 1.807) is 0 Å². The normalized spacial score (nSPS) is 13.4. The van der Waals surface area contributed by atoms with Crippen molar-refractivity contribution in [2.45, 2.75) is 18.3 Å². The van der Waals surface area contributed by atoms with Gasteiger partial charge < -0.3 is 9.13 Å². The van der Waals surface area contributed by atoms with Gasteiger partial charge in [-0.25, -0.2) is 0 Å². The largest absolute Gasteiger partial charge is 0.309 e. The molecular weight excluding hydrogens is 1000 g/mol. The van der Waals surface area contributed by atoms with E-state index in [4.69, 9.17) is 0 Å². The molecule has 83 heavy (non-hydrogen) atoms. The van der Waals surface area contributed by atoms with Gasteiger partial charge in [0, 0.05) is 37.7 Å². The van der Waals surface area contributed by atoms with Gasteiger partial charge in [0.05, 0.1) is 33.4 Å². The number of hydrogen-bond donors (Lipinski definition) is 0. The molecule has 2 heteroatoms. The van der Waals surface area contributed by atoms with Crippen molar-refractivity contribution in [2.24, 2.45) is 0 Å². The van der Waals surface area contributed by atoms with Crippen molar-refractivity contribution < 1.29 is 0 Å². The molecular formula is C81H54N2. The van der Waals surface area contributed by atoms with Crippen LogP contribution in [0.2, 0.25) is 0 Å². The van der Waals surface area contributed by atoms with E-state index >= 15 is 0 Å². The van der Waals surface area contributed by atoms with Gasteiger partial charge in [0.25, 0.3) is 0 Å². The Morgan fingerprint density at radius 1 is 0.265 bits per heavy atom. The number of para-hydroxylation sites is 2. The fraction of sp³-hybridized carbons (Fsp3) is 0.0370. The van der Waals surface area contributed by atoms with Crippen molar-refractivity contribution in [3.63, 3.8) is 0 Å². The zero-order valence-corrected chi connectivity index (χ0v) is 45.7. The Hall–Kier alpha value is -10.5. The molecule has 15 aromatic rings. The first kappa shape index (κ1) is 47.3. The van der Waals surface area contributed by atoms with E-state index in [1.165, 1.54) is 154 Å². The Kier molecular flexibility index (Phi) is 10.7. The summed E-state index contributed by atoms with van der Waals surface area (Å²) >= 11 is 0. The van der Waals surface area contributed by atoms with E-state index in [0.29, 0.717) is 0 Å². The molecule has 0 saturated carbocycles. The fourth-order valence-corrected chi connectivity index (χ4v) is 14.3. The number of fused-ring (bicyclic) bond motifs is 14. The first-order valence-corrected chi connectivity index (χ1v) is 29.0. The lowest BCUT2D eigenvalue weighted by atomic mass is 9.74. The van der Waals surface area contributed by atoms with Crippen LogP contribution in [0.5, 0.6) is 0 Å². The van der Waals surface area contributed by atoms with Gasteiger partial charge in [0.15, 0.2) is 0 Å². The molecule has 0 radical (unpaired) electrons. The Balaban J connectivity index is 0.648. The van der Waals surface area contributed by atoms with E-state index in [9.17, 15) is 0 Å². The van der Waals surface area contributed by atoms with Crippen molar-refractivity contribution in [3.8, 4) is 44.8 Å². The molecule has 13 aromatic carbocycles. The Bertz CT molecular complexity index is 4860. The number of nitrogens with zero attached hydrogens (tertiary/aromatic N) is 2. The topological polar surface area (TPSA) is 9.86 Å². The van der Waals surface area contributed by atoms with Crippen LogP contribution in [0.3, 0.4) is 0 Å². The number of hydrogen-bond acceptors (Lipinski definition) is 0. The van der Waals surface area contributed by atoms with Crippen LogP contribution in [0.25, 0.3) is 134 Å². The second-order valence-corrected chi connectivity index (χ2v) is 22.9. The standard InChI is InChI=1S/C81H54N2/c1-2-16-64-52-81(51-63(64)15-1)73-49-61(57-37-31-53(32-38-57)27-29-55-35-45-79-71(47-55)69-21-7-9-23-77(69)82(79)75-25-11-17-59-13-3-5-19-65(59)75)41-43-67(73)68-44-42-62(50-74(68)81)58-39-33-54(34-40-58)28-30-56-36-46-80-72(48-56)70-22-8-10-24-78(70)83(80)76-26-12-18-60-14-4-6-20-66(60)76/h1-50H,51-52H2. The maximum atomic E-state index is 2.51. The molecule has 0 unspecified atom stereocenters. The summed E-state index contributed by atoms with van der Waals surface area (Å²) in [6.45, 7) is 0. The molecule has 0 fully saturated rings. The third kappa shape index (κ3) is 7.64. The van der Waals surface area contributed by atoms with E-state index in [0.717, 1.165) is 12.8 Å². The molecule has 17 rings (SSSR count). The second-order valence-electron chi connectivity index (χ2n) is 22.9. The lowest BCUT2D eigenvalue weighted by Gasteiger charge is -2.27. The monoisotopic (exact) mass is 1050 g/mol. The molecule has 0 saturated heterocycles. The minimum atomic E-state index is -0.143. The van der Waals surface area contributed by atoms with Crippen molar-refractivity contribution >= 4 is 89.5 Å². The molecule has 0 amide bonds. The molecule has 0 N–H and O–H groups in total. The molecule has 2 heterocycles. The summed E-state index contributed by atoms with van der Waals surface area (Å²) in [5, 5.41) is 10.0. The Labute approximate surface area is 482 Å². The summed E-state index contributed by atoms with van der Waals surface area (Å²) in [4.78, 5) is 0. The van der Waals surface area contributed by atoms with Crippen molar-refractivity contribution in [1.29, 1.82) is 0 Å². The molecule has 2 aromatic heterocycles. The second kappa shape index (κ2) is 18.8. The fourth-order valence-electron chi connectivity index (χ4n) is 14.3. The molecule has 1 spiro atoms. The third-order valence-electron chi connectivity index (χ3n) is 18.3. The number of benzene rings is 13. The van der Waals surface area contributed by atoms with Crippen LogP contribution in [0.15, 0.2) is 279 Å². The Morgan fingerprint density at radius 2 is 0.627 bits per heavy atom. The summed E-state index contributed by atoms with van der Waals surface area (Å²) in [6, 6.07) is 104. The van der Waals surface area contributed by atoms with Crippen molar-refractivity contribution in [1.82, 2.24) is 9.13 Å². The maximum absolute atomic E-state index is 2.51. The van der Waals surface area contributed by atoms with E-state index < -0.39 is 0 Å². The zero-order valence-electron chi connectivity index (χ0n) is 45.7. The van der Waals surface area contributed by atoms with Gasteiger partial charge in [-0.2, -0.15) is 0 Å². The van der Waals surface area contributed by atoms with Crippen LogP contribution in [-0.2, 0) is 18.3 Å². The summed E-state index contributed by atoms with van der Waals surface area (Å²) in [6.07, 6.45) is 11.0. The highest BCUT2D eigenvalue weighted by atomic mass is 15.0. The van der Waals surface area contributed by atoms with E-state index in [-0.39, 0.29) is 5.41 Å². The minimum absolute atomic E-state index is 0.143. The van der Waals surface area contributed by atoms with E-state index in [1.807, 2.05) is 0 Å². The van der Waals surface area contributed by atoms with Gasteiger partial charge >= 0.3 is 0 Å². The summed E-state index contributed by atoms with van der Waals surface area (Å²) < 4.78 is 4.85. The summed E-state index contributed by atoms with van der Waals surface area (Å²) in [7, 11) is 0. The van der Waals surface area contributed by atoms with Gasteiger partial charge in [-0.15, -0.1) is 0 Å². The van der Waals surface area contributed by atoms with Crippen LogP contribution >= 0.6 is 0 Å². The van der Waals surface area contributed by atoms with Crippen LogP contribution in [0.1, 0.15) is 44.5 Å². The first-order chi connectivity index (χ1) is 41.1. The quantitative estimate of drug-likeness (QED) is 0.134. The lowest BCUT2D eigenvalue weighted by molar-refractivity contribution is 0.564. The third-order valence-corrected chi connectivity index (χ3v) is 18.3. The summed E-state index contributed by atoms with van der Waals surface area (Å²) in [5.41, 5.74) is 25.3. The van der Waals surface area contributed by atoms with Crippen LogP contribution in [-0.4, -0.2) is 9.13 Å². The number of rotatable bonds is 8. The minimum Gasteiger partial charge on any atom is -0.309 e. The van der Waals surface area contributed by atoms with Crippen LogP contribution < -0.4 is 0 Å². The van der Waals surface area contributed by atoms with Crippen LogP contribution in [0, 0.1) is 0 Å². The number of aromatic nitrogens is 2. The van der Waals surface area contributed by atoms with Gasteiger partial charge in [-0.1, -0.05) is 243 Å². The lowest BCUT2D eigenvalue weighted by Crippen LogP contribution is -2.26. The van der Waals surface area contributed by atoms with Crippen LogP contribution in [0.4, 0.5) is 0 Å². The molecule has 0 atom stereocenters. The van der Waals surface area contributed by atoms with Crippen molar-refractivity contribution in [2.75, 3.05) is 0 Å². The molecule has 2 nitrogen and oxygen atoms in total. The molecule has 2 aliphatic carbocycles. The van der Waals surface area contributed by atoms with E-state index in [2.05, 4.69) is 312 Å². The van der Waals surface area contributed by atoms with Gasteiger partial charge in [-0.3, -0.25) is 0 Å². The maximum Gasteiger partial charge on any atom is 0.0541 e. The highest BCUT2D eigenvalue weighted by Crippen LogP contribution is 2.57. The zero-order chi connectivity index (χ0) is 54.6. The molecule has 388 valence electrons. The molecule has 0 aliphatic heterocycles. The highest BCUT2D eigenvalue weighted by Gasteiger charge is 2.47. The van der Waals surface area contributed by atoms with Gasteiger partial charge in [0.2, 0.25) is 0 Å². The predicted octanol–water partition coefficient (Wildman–Crippen LogP) is 20.9. The smallest absolute Gasteiger partial charge is 0.0541 e. The average Bonchev–Trinajstić information content (AvgIpc) is 1.95.